The number of aromatic nitrogens is 4. The Hall–Kier alpha value is -8.90. The van der Waals surface area contributed by atoms with Gasteiger partial charge in [0.25, 0.3) is 0 Å². The first kappa shape index (κ1) is 40.4. The van der Waals surface area contributed by atoms with Gasteiger partial charge in [-0.2, -0.15) is 0 Å². The zero-order chi connectivity index (χ0) is 45.7. The van der Waals surface area contributed by atoms with Gasteiger partial charge in [0.2, 0.25) is 0 Å². The van der Waals surface area contributed by atoms with Gasteiger partial charge in [-0.3, -0.25) is 0 Å². The van der Waals surface area contributed by atoms with Crippen molar-refractivity contribution in [3.05, 3.63) is 243 Å². The lowest BCUT2D eigenvalue weighted by molar-refractivity contribution is 1.39. The molecule has 322 valence electrons. The fourth-order valence-corrected chi connectivity index (χ4v) is 10.9. The molecule has 5 heteroatoms. The van der Waals surface area contributed by atoms with E-state index in [0.717, 1.165) is 83.1 Å². The third-order valence-electron chi connectivity index (χ3n) is 13.1. The average Bonchev–Trinajstić information content (AvgIpc) is 3.83. The predicted octanol–water partition coefficient (Wildman–Crippen LogP) is 17.3. The van der Waals surface area contributed by atoms with Crippen LogP contribution in [0.5, 0.6) is 0 Å². The van der Waals surface area contributed by atoms with Crippen molar-refractivity contribution in [2.45, 2.75) is 0 Å². The second kappa shape index (κ2) is 17.1. The summed E-state index contributed by atoms with van der Waals surface area (Å²) in [6.45, 7) is 0. The minimum Gasteiger partial charge on any atom is -0.245 e. The summed E-state index contributed by atoms with van der Waals surface area (Å²) in [4.78, 5) is 22.7. The molecule has 0 aliphatic heterocycles. The molecule has 0 atom stereocenters. The van der Waals surface area contributed by atoms with E-state index in [1.54, 1.807) is 0 Å². The van der Waals surface area contributed by atoms with E-state index in [2.05, 4.69) is 231 Å². The summed E-state index contributed by atoms with van der Waals surface area (Å²) >= 11 is 1.85. The topological polar surface area (TPSA) is 51.6 Å². The molecule has 69 heavy (non-hydrogen) atoms. The normalized spacial score (nSPS) is 11.5. The van der Waals surface area contributed by atoms with Gasteiger partial charge in [0, 0.05) is 20.9 Å². The number of hydrogen-bond acceptors (Lipinski definition) is 5. The Labute approximate surface area is 403 Å². The van der Waals surface area contributed by atoms with Crippen molar-refractivity contribution in [1.82, 2.24) is 19.9 Å². The third-order valence-corrected chi connectivity index (χ3v) is 14.4. The molecule has 0 amide bonds. The van der Waals surface area contributed by atoms with Gasteiger partial charge < -0.3 is 0 Å². The summed E-state index contributed by atoms with van der Waals surface area (Å²) in [5.74, 6) is 0. The van der Waals surface area contributed by atoms with Crippen molar-refractivity contribution in [3.63, 3.8) is 0 Å². The zero-order valence-electron chi connectivity index (χ0n) is 37.3. The van der Waals surface area contributed by atoms with E-state index in [1.807, 2.05) is 23.5 Å². The van der Waals surface area contributed by atoms with Crippen LogP contribution in [0.4, 0.5) is 0 Å². The summed E-state index contributed by atoms with van der Waals surface area (Å²) in [6, 6.07) is 86.0. The number of rotatable bonds is 8. The number of fused-ring (bicyclic) bond motifs is 4. The highest BCUT2D eigenvalue weighted by molar-refractivity contribution is 7.20. The highest BCUT2D eigenvalue weighted by Gasteiger charge is 2.23. The van der Waals surface area contributed by atoms with Crippen LogP contribution >= 0.6 is 11.3 Å². The maximum atomic E-state index is 5.12. The van der Waals surface area contributed by atoms with Gasteiger partial charge in [-0.15, -0.1) is 11.3 Å². The van der Waals surface area contributed by atoms with Crippen molar-refractivity contribution >= 4 is 55.5 Å². The Balaban J connectivity index is 0.862. The Morgan fingerprint density at radius 1 is 0.188 bits per heavy atom. The second-order valence-corrected chi connectivity index (χ2v) is 18.4. The van der Waals surface area contributed by atoms with Gasteiger partial charge in [0.05, 0.1) is 44.1 Å². The molecule has 0 spiro atoms. The monoisotopic (exact) mass is 896 g/mol. The highest BCUT2D eigenvalue weighted by atomic mass is 32.1. The van der Waals surface area contributed by atoms with Crippen LogP contribution in [0.15, 0.2) is 243 Å². The smallest absolute Gasteiger partial charge is 0.0900 e. The van der Waals surface area contributed by atoms with E-state index in [4.69, 9.17) is 19.9 Å². The molecule has 0 saturated carbocycles. The minimum atomic E-state index is 0.878. The van der Waals surface area contributed by atoms with Crippen LogP contribution in [-0.2, 0) is 0 Å². The maximum Gasteiger partial charge on any atom is 0.0900 e. The quantitative estimate of drug-likeness (QED) is 0.143. The first-order valence-electron chi connectivity index (χ1n) is 23.2. The molecular formula is C64H40N4S. The summed E-state index contributed by atoms with van der Waals surface area (Å²) in [5, 5.41) is 0. The lowest BCUT2D eigenvalue weighted by Gasteiger charge is -2.12. The number of thiophene rings is 1. The van der Waals surface area contributed by atoms with Gasteiger partial charge in [-0.1, -0.05) is 194 Å². The lowest BCUT2D eigenvalue weighted by atomic mass is 9.91. The summed E-state index contributed by atoms with van der Waals surface area (Å²) in [6.07, 6.45) is 0. The molecule has 0 unspecified atom stereocenters. The van der Waals surface area contributed by atoms with Gasteiger partial charge in [0.15, 0.2) is 0 Å². The molecule has 10 aromatic carbocycles. The molecule has 0 aliphatic carbocycles. The van der Waals surface area contributed by atoms with Crippen molar-refractivity contribution in [2.75, 3.05) is 0 Å². The molecule has 0 bridgehead atoms. The Kier molecular flexibility index (Phi) is 9.99. The molecule has 3 heterocycles. The van der Waals surface area contributed by atoms with Gasteiger partial charge >= 0.3 is 0 Å². The maximum absolute atomic E-state index is 5.12. The van der Waals surface area contributed by atoms with E-state index in [1.165, 1.54) is 48.7 Å². The first-order valence-corrected chi connectivity index (χ1v) is 24.0. The Bertz CT molecular complexity index is 4020. The fraction of sp³-hybridized carbons (Fsp3) is 0. The van der Waals surface area contributed by atoms with Gasteiger partial charge in [-0.25, -0.2) is 19.9 Å². The third kappa shape index (κ3) is 7.61. The van der Waals surface area contributed by atoms with E-state index >= 15 is 0 Å². The first-order chi connectivity index (χ1) is 34.1. The number of hydrogen-bond donors (Lipinski definition) is 0. The highest BCUT2D eigenvalue weighted by Crippen LogP contribution is 2.52. The fourth-order valence-electron chi connectivity index (χ4n) is 9.55. The van der Waals surface area contributed by atoms with Crippen LogP contribution in [0.2, 0.25) is 0 Å². The van der Waals surface area contributed by atoms with Crippen molar-refractivity contribution in [1.29, 1.82) is 0 Å². The molecule has 4 nitrogen and oxygen atoms in total. The summed E-state index contributed by atoms with van der Waals surface area (Å²) in [5.41, 5.74) is 23.3. The SMILES string of the molecule is c1ccc(-c2ccc3nc4cc(-c5ccc(-c6sc(-c7ccc(-c8ccc9nc%10ccc(-c%11ccccc%11)cc%10nc9c8)cc7)c(-c7ccccc7)c6-c6ccccc6)cc5)ccc4nc3c2)cc1. The Morgan fingerprint density at radius 3 is 0.739 bits per heavy atom. The van der Waals surface area contributed by atoms with Crippen molar-refractivity contribution < 1.29 is 0 Å². The van der Waals surface area contributed by atoms with E-state index in [0.29, 0.717) is 0 Å². The van der Waals surface area contributed by atoms with Crippen molar-refractivity contribution in [3.8, 4) is 87.6 Å². The van der Waals surface area contributed by atoms with Crippen LogP contribution in [0.3, 0.4) is 0 Å². The van der Waals surface area contributed by atoms with Gasteiger partial charge in [-0.05, 0) is 115 Å². The summed E-state index contributed by atoms with van der Waals surface area (Å²) < 4.78 is 0. The molecule has 0 saturated heterocycles. The van der Waals surface area contributed by atoms with Crippen LogP contribution in [-0.4, -0.2) is 19.9 Å². The predicted molar refractivity (Wildman–Crippen MR) is 289 cm³/mol. The van der Waals surface area contributed by atoms with Gasteiger partial charge in [0.1, 0.15) is 0 Å². The zero-order valence-corrected chi connectivity index (χ0v) is 38.1. The number of nitrogens with zero attached hydrogens (tertiary/aromatic N) is 4. The molecule has 13 aromatic rings. The van der Waals surface area contributed by atoms with Crippen LogP contribution in [0.1, 0.15) is 0 Å². The van der Waals surface area contributed by atoms with E-state index in [9.17, 15) is 0 Å². The lowest BCUT2D eigenvalue weighted by Crippen LogP contribution is -1.90. The average molecular weight is 897 g/mol. The molecule has 0 aliphatic rings. The van der Waals surface area contributed by atoms with Crippen LogP contribution in [0, 0.1) is 0 Å². The van der Waals surface area contributed by atoms with E-state index in [-0.39, 0.29) is 0 Å². The Morgan fingerprint density at radius 2 is 0.420 bits per heavy atom. The van der Waals surface area contributed by atoms with Crippen LogP contribution in [0.25, 0.3) is 132 Å². The van der Waals surface area contributed by atoms with Crippen LogP contribution < -0.4 is 0 Å². The minimum absolute atomic E-state index is 0.878. The molecule has 0 radical (unpaired) electrons. The number of benzene rings is 10. The van der Waals surface area contributed by atoms with E-state index < -0.39 is 0 Å². The molecule has 0 fully saturated rings. The van der Waals surface area contributed by atoms with Crippen molar-refractivity contribution in [2.24, 2.45) is 0 Å². The standard InChI is InChI=1S/C64H40N4S/c1-5-13-41(14-6-1)49-30-35-55-57(37-49)66-56-36-32-51(39-58(56)67-55)43-21-25-47(26-22-43)63-61(45-17-9-3-10-18-45)62(46-19-11-4-12-20-46)64(69-63)48-27-23-44(24-28-48)52-31-34-54-60(40-52)68-59-38-50(29-33-53(59)65-54)42-15-7-2-8-16-42/h1-40H. The second-order valence-electron chi connectivity index (χ2n) is 17.4. The summed E-state index contributed by atoms with van der Waals surface area (Å²) in [7, 11) is 0. The molecule has 3 aromatic heterocycles. The largest absolute Gasteiger partial charge is 0.245 e. The molecule has 13 rings (SSSR count). The molecule has 0 N–H and O–H groups in total. The molecular weight excluding hydrogens is 857 g/mol.